The van der Waals surface area contributed by atoms with E-state index in [0.29, 0.717) is 13.2 Å². The molecular formula is C20H25N3O2S2. The van der Waals surface area contributed by atoms with Gasteiger partial charge in [0.25, 0.3) is 0 Å². The van der Waals surface area contributed by atoms with E-state index in [1.165, 1.54) is 5.01 Å². The van der Waals surface area contributed by atoms with E-state index in [1.54, 1.807) is 23.1 Å². The number of benzene rings is 1. The number of aromatic nitrogens is 1. The monoisotopic (exact) mass is 403 g/mol. The lowest BCUT2D eigenvalue weighted by Gasteiger charge is -2.21. The van der Waals surface area contributed by atoms with Crippen molar-refractivity contribution < 1.29 is 9.53 Å². The number of nitrogens with zero attached hydrogens (tertiary/aromatic N) is 2. The molecule has 7 heteroatoms. The van der Waals surface area contributed by atoms with Gasteiger partial charge >= 0.3 is 6.09 Å². The lowest BCUT2D eigenvalue weighted by atomic mass is 10.2. The maximum absolute atomic E-state index is 11.7. The van der Waals surface area contributed by atoms with Crippen LogP contribution < -0.4 is 5.32 Å². The van der Waals surface area contributed by atoms with Crippen LogP contribution in [0.15, 0.2) is 47.9 Å². The van der Waals surface area contributed by atoms with Gasteiger partial charge in [0.15, 0.2) is 0 Å². The zero-order valence-corrected chi connectivity index (χ0v) is 16.9. The minimum absolute atomic E-state index is 0.300. The summed E-state index contributed by atoms with van der Waals surface area (Å²) in [6.07, 6.45) is 5.23. The average molecular weight is 404 g/mol. The molecule has 0 unspecified atom stereocenters. The molecule has 1 aliphatic rings. The summed E-state index contributed by atoms with van der Waals surface area (Å²) >= 11 is 3.51. The second-order valence-corrected chi connectivity index (χ2v) is 8.32. The van der Waals surface area contributed by atoms with Gasteiger partial charge in [0.1, 0.15) is 11.6 Å². The highest BCUT2D eigenvalue weighted by Gasteiger charge is 2.10. The molecule has 1 amide bonds. The van der Waals surface area contributed by atoms with E-state index in [4.69, 9.17) is 9.72 Å². The summed E-state index contributed by atoms with van der Waals surface area (Å²) in [4.78, 5) is 18.8. The van der Waals surface area contributed by atoms with Crippen molar-refractivity contribution in [3.8, 4) is 0 Å². The smallest absolute Gasteiger partial charge is 0.407 e. The van der Waals surface area contributed by atoms with Crippen LogP contribution in [0.25, 0.3) is 0 Å². The van der Waals surface area contributed by atoms with E-state index in [2.05, 4.69) is 27.7 Å². The van der Waals surface area contributed by atoms with Gasteiger partial charge in [0.05, 0.1) is 12.2 Å². The van der Waals surface area contributed by atoms with Crippen LogP contribution in [0, 0.1) is 0 Å². The molecule has 0 fully saturated rings. The largest absolute Gasteiger partial charge is 0.445 e. The summed E-state index contributed by atoms with van der Waals surface area (Å²) < 4.78 is 5.19. The van der Waals surface area contributed by atoms with Gasteiger partial charge in [0.2, 0.25) is 0 Å². The molecule has 0 bridgehead atoms. The summed E-state index contributed by atoms with van der Waals surface area (Å²) in [6.45, 7) is 3.97. The molecule has 0 saturated carbocycles. The van der Waals surface area contributed by atoms with Gasteiger partial charge in [-0.2, -0.15) is 11.8 Å². The number of thiazole rings is 1. The predicted octanol–water partition coefficient (Wildman–Crippen LogP) is 4.06. The van der Waals surface area contributed by atoms with Crippen LogP contribution in [-0.2, 0) is 23.6 Å². The highest BCUT2D eigenvalue weighted by atomic mass is 32.2. The minimum atomic E-state index is -0.369. The fourth-order valence-corrected chi connectivity index (χ4v) is 4.38. The van der Waals surface area contributed by atoms with Crippen LogP contribution in [-0.4, -0.2) is 41.4 Å². The van der Waals surface area contributed by atoms with Crippen molar-refractivity contribution in [3.05, 3.63) is 64.1 Å². The normalized spacial score (nSPS) is 14.2. The lowest BCUT2D eigenvalue weighted by molar-refractivity contribution is 0.140. The number of carbonyl (C=O) groups excluding carboxylic acids is 1. The molecule has 0 saturated heterocycles. The van der Waals surface area contributed by atoms with Gasteiger partial charge in [-0.05, 0) is 12.0 Å². The van der Waals surface area contributed by atoms with E-state index in [-0.39, 0.29) is 6.09 Å². The number of hydrogen-bond donors (Lipinski definition) is 1. The Morgan fingerprint density at radius 3 is 3.00 bits per heavy atom. The number of ether oxygens (including phenoxy) is 1. The van der Waals surface area contributed by atoms with E-state index in [1.807, 2.05) is 30.3 Å². The molecule has 1 aromatic carbocycles. The molecule has 144 valence electrons. The zero-order valence-electron chi connectivity index (χ0n) is 15.3. The highest BCUT2D eigenvalue weighted by molar-refractivity contribution is 7.98. The maximum Gasteiger partial charge on any atom is 0.407 e. The van der Waals surface area contributed by atoms with Gasteiger partial charge in [-0.15, -0.1) is 11.3 Å². The van der Waals surface area contributed by atoms with E-state index < -0.39 is 0 Å². The van der Waals surface area contributed by atoms with Crippen LogP contribution in [0.5, 0.6) is 0 Å². The second kappa shape index (κ2) is 11.1. The van der Waals surface area contributed by atoms with E-state index >= 15 is 0 Å². The van der Waals surface area contributed by atoms with E-state index in [9.17, 15) is 4.79 Å². The Balaban J connectivity index is 1.25. The van der Waals surface area contributed by atoms with Crippen LogP contribution >= 0.6 is 23.1 Å². The Morgan fingerprint density at radius 2 is 2.19 bits per heavy atom. The first-order chi connectivity index (χ1) is 13.3. The number of carbonyl (C=O) groups is 1. The first-order valence-electron chi connectivity index (χ1n) is 9.12. The molecule has 2 aromatic rings. The van der Waals surface area contributed by atoms with Crippen LogP contribution in [0.1, 0.15) is 22.7 Å². The molecule has 0 spiro atoms. The number of hydrogen-bond acceptors (Lipinski definition) is 6. The quantitative estimate of drug-likeness (QED) is 0.505. The van der Waals surface area contributed by atoms with Crippen LogP contribution in [0.2, 0.25) is 0 Å². The van der Waals surface area contributed by atoms with Gasteiger partial charge in [-0.25, -0.2) is 9.78 Å². The molecule has 1 N–H and O–H groups in total. The maximum atomic E-state index is 11.7. The molecule has 3 rings (SSSR count). The molecule has 0 radical (unpaired) electrons. The molecule has 1 aromatic heterocycles. The Bertz CT molecular complexity index is 734. The zero-order chi connectivity index (χ0) is 18.7. The second-order valence-electron chi connectivity index (χ2n) is 6.27. The van der Waals surface area contributed by atoms with Crippen molar-refractivity contribution in [1.82, 2.24) is 15.2 Å². The van der Waals surface area contributed by atoms with Gasteiger partial charge < -0.3 is 10.1 Å². The third kappa shape index (κ3) is 7.36. The van der Waals surface area contributed by atoms with E-state index in [0.717, 1.165) is 48.8 Å². The first kappa shape index (κ1) is 19.9. The Kier molecular flexibility index (Phi) is 8.20. The summed E-state index contributed by atoms with van der Waals surface area (Å²) in [5, 5.41) is 6.11. The SMILES string of the molecule is O=C(NCCSCc1csc(CN2CC=CCC2)n1)OCc1ccccc1. The topological polar surface area (TPSA) is 54.5 Å². The average Bonchev–Trinajstić information content (AvgIpc) is 3.15. The molecule has 2 heterocycles. The van der Waals surface area contributed by atoms with Gasteiger partial charge in [0, 0.05) is 36.5 Å². The Hall–Kier alpha value is -1.83. The third-order valence-electron chi connectivity index (χ3n) is 4.08. The molecular weight excluding hydrogens is 378 g/mol. The van der Waals surface area contributed by atoms with Crippen molar-refractivity contribution in [2.45, 2.75) is 25.3 Å². The molecule has 5 nitrogen and oxygen atoms in total. The summed E-state index contributed by atoms with van der Waals surface area (Å²) in [7, 11) is 0. The molecule has 0 atom stereocenters. The Labute approximate surface area is 168 Å². The summed E-state index contributed by atoms with van der Waals surface area (Å²) in [6, 6.07) is 9.68. The summed E-state index contributed by atoms with van der Waals surface area (Å²) in [5.41, 5.74) is 2.11. The van der Waals surface area contributed by atoms with Crippen molar-refractivity contribution in [2.75, 3.05) is 25.4 Å². The van der Waals surface area contributed by atoms with Crippen LogP contribution in [0.3, 0.4) is 0 Å². The number of thioether (sulfide) groups is 1. The molecule has 0 aliphatic carbocycles. The first-order valence-corrected chi connectivity index (χ1v) is 11.2. The predicted molar refractivity (Wildman–Crippen MR) is 112 cm³/mol. The standard InChI is InChI=1S/C20H25N3O2S2/c24-20(25-14-17-7-3-1-4-8-17)21-9-12-26-15-18-16-27-19(22-18)13-23-10-5-2-6-11-23/h1-5,7-8,16H,6,9-15H2,(H,21,24). The van der Waals surface area contributed by atoms with Crippen molar-refractivity contribution in [3.63, 3.8) is 0 Å². The number of rotatable bonds is 9. The molecule has 1 aliphatic heterocycles. The fraction of sp³-hybridized carbons (Fsp3) is 0.400. The lowest BCUT2D eigenvalue weighted by Crippen LogP contribution is -2.26. The Morgan fingerprint density at radius 1 is 1.30 bits per heavy atom. The highest BCUT2D eigenvalue weighted by Crippen LogP contribution is 2.18. The minimum Gasteiger partial charge on any atom is -0.445 e. The van der Waals surface area contributed by atoms with Crippen molar-refractivity contribution >= 4 is 29.2 Å². The van der Waals surface area contributed by atoms with Crippen LogP contribution in [0.4, 0.5) is 4.79 Å². The molecule has 27 heavy (non-hydrogen) atoms. The van der Waals surface area contributed by atoms with Crippen molar-refractivity contribution in [1.29, 1.82) is 0 Å². The summed E-state index contributed by atoms with van der Waals surface area (Å²) in [5.74, 6) is 1.71. The number of nitrogens with one attached hydrogen (secondary N) is 1. The number of alkyl carbamates (subject to hydrolysis) is 1. The third-order valence-corrected chi connectivity index (χ3v) is 5.95. The van der Waals surface area contributed by atoms with Gasteiger partial charge in [-0.1, -0.05) is 42.5 Å². The van der Waals surface area contributed by atoms with Gasteiger partial charge in [-0.3, -0.25) is 4.90 Å². The fourth-order valence-electron chi connectivity index (χ4n) is 2.69. The van der Waals surface area contributed by atoms with Crippen molar-refractivity contribution in [2.24, 2.45) is 0 Å². The number of amides is 1.